The smallest absolute Gasteiger partial charge is 0.231 e. The molecule has 3 heterocycles. The van der Waals surface area contributed by atoms with Crippen LogP contribution in [0.2, 0.25) is 0 Å². The Labute approximate surface area is 140 Å². The third-order valence-electron chi connectivity index (χ3n) is 6.05. The van der Waals surface area contributed by atoms with Gasteiger partial charge >= 0.3 is 0 Å². The number of ether oxygens (including phenoxy) is 4. The minimum absolute atomic E-state index is 0.0911. The number of aliphatic hydroxyl groups is 1. The van der Waals surface area contributed by atoms with Crippen molar-refractivity contribution in [2.75, 3.05) is 27.6 Å². The quantitative estimate of drug-likeness (QED) is 0.822. The van der Waals surface area contributed by atoms with Gasteiger partial charge < -0.3 is 24.1 Å². The van der Waals surface area contributed by atoms with Gasteiger partial charge in [0.15, 0.2) is 11.5 Å². The largest absolute Gasteiger partial charge is 0.492 e. The van der Waals surface area contributed by atoms with Gasteiger partial charge in [-0.15, -0.1) is 0 Å². The molecule has 1 unspecified atom stereocenters. The molecule has 0 amide bonds. The third-order valence-corrected chi connectivity index (χ3v) is 6.05. The molecule has 1 saturated heterocycles. The van der Waals surface area contributed by atoms with Gasteiger partial charge in [-0.2, -0.15) is 0 Å². The first-order chi connectivity index (χ1) is 11.7. The molecule has 6 heteroatoms. The van der Waals surface area contributed by atoms with Crippen LogP contribution in [0.15, 0.2) is 18.2 Å². The zero-order valence-electron chi connectivity index (χ0n) is 13.8. The summed E-state index contributed by atoms with van der Waals surface area (Å²) >= 11 is 0. The molecule has 0 radical (unpaired) electrons. The first-order valence-corrected chi connectivity index (χ1v) is 8.33. The molecule has 0 spiro atoms. The van der Waals surface area contributed by atoms with E-state index in [0.717, 1.165) is 29.8 Å². The zero-order chi connectivity index (χ0) is 16.5. The molecule has 0 saturated carbocycles. The molecule has 2 bridgehead atoms. The number of aliphatic hydroxyl groups excluding tert-OH is 1. The number of hydrogen-bond acceptors (Lipinski definition) is 6. The second kappa shape index (κ2) is 4.88. The van der Waals surface area contributed by atoms with Crippen LogP contribution in [0.1, 0.15) is 17.5 Å². The highest BCUT2D eigenvalue weighted by atomic mass is 16.7. The maximum Gasteiger partial charge on any atom is 0.231 e. The summed E-state index contributed by atoms with van der Waals surface area (Å²) in [5, 5.41) is 11.0. The van der Waals surface area contributed by atoms with E-state index in [-0.39, 0.29) is 18.9 Å². The van der Waals surface area contributed by atoms with Gasteiger partial charge in [-0.3, -0.25) is 4.90 Å². The van der Waals surface area contributed by atoms with E-state index in [9.17, 15) is 5.11 Å². The molecule has 1 fully saturated rings. The molecule has 128 valence electrons. The van der Waals surface area contributed by atoms with Crippen LogP contribution in [0.5, 0.6) is 17.2 Å². The molecule has 3 aliphatic heterocycles. The number of fused-ring (bicyclic) bond motifs is 2. The van der Waals surface area contributed by atoms with Crippen molar-refractivity contribution in [3.05, 3.63) is 29.3 Å². The predicted molar refractivity (Wildman–Crippen MR) is 85.6 cm³/mol. The minimum atomic E-state index is -0.456. The van der Waals surface area contributed by atoms with E-state index in [0.29, 0.717) is 18.0 Å². The van der Waals surface area contributed by atoms with Gasteiger partial charge in [0, 0.05) is 31.8 Å². The lowest BCUT2D eigenvalue weighted by atomic mass is 9.65. The van der Waals surface area contributed by atoms with Gasteiger partial charge in [-0.05, 0) is 18.1 Å². The fourth-order valence-corrected chi connectivity index (χ4v) is 4.97. The Hall–Kier alpha value is -1.76. The van der Waals surface area contributed by atoms with Crippen molar-refractivity contribution in [1.82, 2.24) is 4.90 Å². The van der Waals surface area contributed by atoms with Crippen LogP contribution in [0, 0.1) is 0 Å². The van der Waals surface area contributed by atoms with E-state index >= 15 is 0 Å². The van der Waals surface area contributed by atoms with Gasteiger partial charge in [0.1, 0.15) is 0 Å². The highest BCUT2D eigenvalue weighted by molar-refractivity contribution is 5.65. The van der Waals surface area contributed by atoms with E-state index in [4.69, 9.17) is 18.9 Å². The molecule has 1 N–H and O–H groups in total. The van der Waals surface area contributed by atoms with E-state index in [1.54, 1.807) is 14.2 Å². The fraction of sp³-hybridized carbons (Fsp3) is 0.556. The summed E-state index contributed by atoms with van der Waals surface area (Å²) < 4.78 is 22.4. The third kappa shape index (κ3) is 1.61. The Morgan fingerprint density at radius 2 is 2.21 bits per heavy atom. The first kappa shape index (κ1) is 14.6. The fourth-order valence-electron chi connectivity index (χ4n) is 4.97. The molecule has 6 nitrogen and oxygen atoms in total. The summed E-state index contributed by atoms with van der Waals surface area (Å²) in [5.74, 6) is 2.11. The Balaban J connectivity index is 1.76. The number of hydrogen-bond donors (Lipinski definition) is 1. The molecule has 1 aromatic rings. The summed E-state index contributed by atoms with van der Waals surface area (Å²) in [5.41, 5.74) is 1.76. The van der Waals surface area contributed by atoms with Gasteiger partial charge in [0.2, 0.25) is 12.5 Å². The predicted octanol–water partition coefficient (Wildman–Crippen LogP) is 1.20. The molecular weight excluding hydrogens is 310 g/mol. The molecule has 24 heavy (non-hydrogen) atoms. The average Bonchev–Trinajstić information content (AvgIpc) is 3.14. The van der Waals surface area contributed by atoms with Gasteiger partial charge in [0.05, 0.1) is 24.7 Å². The SMILES string of the molecule is COc1c2c(cc3c1OCO3)[C@]13C=C[C@H](OC)C[C@@H]1N(C2)C[C@@H]3O. The molecule has 0 aromatic heterocycles. The maximum atomic E-state index is 11.0. The van der Waals surface area contributed by atoms with Crippen LogP contribution in [-0.4, -0.2) is 55.8 Å². The second-order valence-corrected chi connectivity index (χ2v) is 6.93. The zero-order valence-corrected chi connectivity index (χ0v) is 13.8. The van der Waals surface area contributed by atoms with Crippen molar-refractivity contribution in [2.24, 2.45) is 0 Å². The number of nitrogens with zero attached hydrogens (tertiary/aromatic N) is 1. The topological polar surface area (TPSA) is 60.4 Å². The Kier molecular flexibility index (Phi) is 2.96. The Bertz CT molecular complexity index is 733. The van der Waals surface area contributed by atoms with E-state index in [2.05, 4.69) is 17.1 Å². The van der Waals surface area contributed by atoms with Crippen LogP contribution >= 0.6 is 0 Å². The van der Waals surface area contributed by atoms with Crippen LogP contribution in [0.3, 0.4) is 0 Å². The van der Waals surface area contributed by atoms with Crippen molar-refractivity contribution >= 4 is 0 Å². The van der Waals surface area contributed by atoms with Crippen molar-refractivity contribution in [2.45, 2.75) is 36.6 Å². The van der Waals surface area contributed by atoms with E-state index in [1.807, 2.05) is 6.07 Å². The lowest BCUT2D eigenvalue weighted by Gasteiger charge is -2.46. The van der Waals surface area contributed by atoms with Gasteiger partial charge in [-0.25, -0.2) is 0 Å². The number of methoxy groups -OCH3 is 2. The minimum Gasteiger partial charge on any atom is -0.492 e. The summed E-state index contributed by atoms with van der Waals surface area (Å²) in [6.07, 6.45) is 4.73. The highest BCUT2D eigenvalue weighted by Crippen LogP contribution is 2.57. The van der Waals surface area contributed by atoms with Crippen LogP contribution in [0.4, 0.5) is 0 Å². The molecule has 5 atom stereocenters. The number of benzene rings is 1. The van der Waals surface area contributed by atoms with E-state index < -0.39 is 11.5 Å². The lowest BCUT2D eigenvalue weighted by Crippen LogP contribution is -2.52. The van der Waals surface area contributed by atoms with Crippen molar-refractivity contribution in [3.8, 4) is 17.2 Å². The summed E-state index contributed by atoms with van der Waals surface area (Å²) in [4.78, 5) is 2.34. The molecule has 1 aliphatic carbocycles. The molecule has 5 rings (SSSR count). The highest BCUT2D eigenvalue weighted by Gasteiger charge is 2.59. The molecular formula is C18H21NO5. The van der Waals surface area contributed by atoms with Crippen LogP contribution in [-0.2, 0) is 16.7 Å². The van der Waals surface area contributed by atoms with Crippen LogP contribution in [0.25, 0.3) is 0 Å². The lowest BCUT2D eigenvalue weighted by molar-refractivity contribution is 0.0655. The van der Waals surface area contributed by atoms with Gasteiger partial charge in [0.25, 0.3) is 0 Å². The average molecular weight is 331 g/mol. The van der Waals surface area contributed by atoms with Crippen molar-refractivity contribution < 1.29 is 24.1 Å². The first-order valence-electron chi connectivity index (χ1n) is 8.33. The summed E-state index contributed by atoms with van der Waals surface area (Å²) in [6.45, 7) is 1.59. The number of rotatable bonds is 2. The second-order valence-electron chi connectivity index (χ2n) is 6.93. The Morgan fingerprint density at radius 1 is 1.33 bits per heavy atom. The van der Waals surface area contributed by atoms with Crippen molar-refractivity contribution in [1.29, 1.82) is 0 Å². The van der Waals surface area contributed by atoms with Crippen LogP contribution < -0.4 is 14.2 Å². The standard InChI is InChI=1S/C18H21NO5/c1-21-10-3-4-18-12-6-13-17(24-9-23-13)16(22-2)11(12)7-19(8-15(18)20)14(18)5-10/h3-4,6,10,14-15,20H,5,7-9H2,1-2H3/t10-,14-,15-,18+/m0/s1. The van der Waals surface area contributed by atoms with Gasteiger partial charge in [-0.1, -0.05) is 12.2 Å². The summed E-state index contributed by atoms with van der Waals surface area (Å²) in [7, 11) is 3.39. The van der Waals surface area contributed by atoms with E-state index in [1.165, 1.54) is 0 Å². The molecule has 1 aromatic carbocycles. The Morgan fingerprint density at radius 3 is 3.00 bits per heavy atom. The molecule has 4 aliphatic rings. The normalized spacial score (nSPS) is 38.0. The van der Waals surface area contributed by atoms with Crippen molar-refractivity contribution in [3.63, 3.8) is 0 Å². The monoisotopic (exact) mass is 331 g/mol. The maximum absolute atomic E-state index is 11.0. The summed E-state index contributed by atoms with van der Waals surface area (Å²) in [6, 6.07) is 2.26.